The highest BCUT2D eigenvalue weighted by Crippen LogP contribution is 2.45. The van der Waals surface area contributed by atoms with Crippen LogP contribution in [0.5, 0.6) is 0 Å². The highest BCUT2D eigenvalue weighted by atomic mass is 19.4. The minimum absolute atomic E-state index is 0.0267. The number of amides is 1. The molecule has 1 amide bonds. The molecule has 1 spiro atoms. The first kappa shape index (κ1) is 35.3. The summed E-state index contributed by atoms with van der Waals surface area (Å²) in [6.45, 7) is 1.83. The molecule has 49 heavy (non-hydrogen) atoms. The number of nitrogens with two attached hydrogens (primary N) is 1. The summed E-state index contributed by atoms with van der Waals surface area (Å²) in [5.41, 5.74) is 5.71. The lowest BCUT2D eigenvalue weighted by molar-refractivity contribution is -0.138. The minimum Gasteiger partial charge on any atom is -0.478 e. The molecule has 0 bridgehead atoms. The van der Waals surface area contributed by atoms with Crippen LogP contribution >= 0.6 is 0 Å². The van der Waals surface area contributed by atoms with Gasteiger partial charge in [-0.3, -0.25) is 14.8 Å². The molecule has 1 unspecified atom stereocenters. The predicted molar refractivity (Wildman–Crippen MR) is 170 cm³/mol. The summed E-state index contributed by atoms with van der Waals surface area (Å²) in [5, 5.41) is 10.2. The van der Waals surface area contributed by atoms with Crippen molar-refractivity contribution < 1.29 is 41.0 Å². The number of likely N-dealkylation sites (tertiary alicyclic amines) is 2. The third kappa shape index (κ3) is 8.19. The van der Waals surface area contributed by atoms with Crippen LogP contribution in [0.4, 0.5) is 26.3 Å². The second kappa shape index (κ2) is 13.9. The number of aliphatic carboxylic acids is 1. The van der Waals surface area contributed by atoms with Gasteiger partial charge >= 0.3 is 18.3 Å². The Kier molecular flexibility index (Phi) is 10.00. The van der Waals surface area contributed by atoms with E-state index in [9.17, 15) is 41.0 Å². The van der Waals surface area contributed by atoms with E-state index in [2.05, 4.69) is 14.9 Å². The van der Waals surface area contributed by atoms with E-state index in [4.69, 9.17) is 5.73 Å². The molecule has 3 heterocycles. The Morgan fingerprint density at radius 3 is 2.12 bits per heavy atom. The Morgan fingerprint density at radius 1 is 0.959 bits per heavy atom. The van der Waals surface area contributed by atoms with Crippen molar-refractivity contribution in [2.45, 2.75) is 25.3 Å². The first-order valence-corrected chi connectivity index (χ1v) is 15.2. The van der Waals surface area contributed by atoms with Gasteiger partial charge in [0.1, 0.15) is 0 Å². The van der Waals surface area contributed by atoms with E-state index in [0.717, 1.165) is 30.5 Å². The Hall–Kier alpha value is -4.98. The van der Waals surface area contributed by atoms with Crippen molar-refractivity contribution in [3.05, 3.63) is 113 Å². The van der Waals surface area contributed by atoms with Crippen molar-refractivity contribution >= 4 is 18.1 Å². The van der Waals surface area contributed by atoms with E-state index in [-0.39, 0.29) is 36.6 Å². The summed E-state index contributed by atoms with van der Waals surface area (Å²) in [7, 11) is 1.92. The highest BCUT2D eigenvalue weighted by Gasteiger charge is 2.53. The number of hydrogen-bond donors (Lipinski definition) is 2. The van der Waals surface area contributed by atoms with Gasteiger partial charge in [-0.05, 0) is 49.0 Å². The molecule has 2 aliphatic rings. The number of carbonyl (C=O) groups excluding carboxylic acids is 1. The van der Waals surface area contributed by atoms with Gasteiger partial charge in [-0.15, -0.1) is 0 Å². The third-order valence-electron chi connectivity index (χ3n) is 8.74. The Bertz CT molecular complexity index is 1780. The molecule has 1 atom stereocenters. The number of carboxylic acid groups (broad SMARTS) is 1. The van der Waals surface area contributed by atoms with Crippen LogP contribution in [0.15, 0.2) is 95.1 Å². The van der Waals surface area contributed by atoms with Gasteiger partial charge < -0.3 is 20.6 Å². The van der Waals surface area contributed by atoms with Crippen molar-refractivity contribution in [3.63, 3.8) is 0 Å². The lowest BCUT2D eigenvalue weighted by atomic mass is 9.71. The second-order valence-corrected chi connectivity index (χ2v) is 12.4. The number of pyridine rings is 1. The fraction of sp³-hybridized carbons (Fsp3) is 0.314. The van der Waals surface area contributed by atoms with E-state index in [0.29, 0.717) is 42.1 Å². The molecular weight excluding hydrogens is 652 g/mol. The molecule has 5 rings (SSSR count). The average Bonchev–Trinajstić information content (AvgIpc) is 3.41. The molecule has 14 heteroatoms. The molecule has 2 aromatic carbocycles. The number of carbonyl (C=O) groups is 2. The normalized spacial score (nSPS) is 18.7. The lowest BCUT2D eigenvalue weighted by Crippen LogP contribution is -2.58. The van der Waals surface area contributed by atoms with E-state index in [1.165, 1.54) is 30.5 Å². The highest BCUT2D eigenvalue weighted by molar-refractivity contribution is 6.12. The number of carboxylic acids is 1. The molecule has 0 radical (unpaired) electrons. The monoisotopic (exact) mass is 685 g/mol. The molecule has 2 fully saturated rings. The van der Waals surface area contributed by atoms with Crippen LogP contribution in [0.2, 0.25) is 0 Å². The zero-order valence-corrected chi connectivity index (χ0v) is 26.3. The van der Waals surface area contributed by atoms with Crippen LogP contribution in [0.1, 0.15) is 22.4 Å². The SMILES string of the molecule is CN1CC2(C1)CN(C(=O)/C(C=NCc1ccc(C(F)(F)F)cc1)=C/N)CC2/C=C(/Cc1cccc(-c2ccc(C(F)(F)F)cc2)n1)C(=O)O. The van der Waals surface area contributed by atoms with Crippen LogP contribution in [-0.4, -0.2) is 71.2 Å². The fourth-order valence-corrected chi connectivity index (χ4v) is 6.35. The summed E-state index contributed by atoms with van der Waals surface area (Å²) in [6.07, 6.45) is -4.93. The molecule has 2 saturated heterocycles. The number of rotatable bonds is 9. The van der Waals surface area contributed by atoms with Gasteiger partial charge in [0.15, 0.2) is 0 Å². The molecule has 1 aromatic heterocycles. The smallest absolute Gasteiger partial charge is 0.416 e. The summed E-state index contributed by atoms with van der Waals surface area (Å²) in [5.74, 6) is -1.89. The van der Waals surface area contributed by atoms with Gasteiger partial charge in [0.25, 0.3) is 5.91 Å². The molecule has 0 aliphatic carbocycles. The number of nitrogens with zero attached hydrogens (tertiary/aromatic N) is 4. The van der Waals surface area contributed by atoms with Crippen LogP contribution in [0.25, 0.3) is 11.3 Å². The topological polar surface area (TPSA) is 112 Å². The predicted octanol–water partition coefficient (Wildman–Crippen LogP) is 5.84. The van der Waals surface area contributed by atoms with Crippen molar-refractivity contribution in [2.24, 2.45) is 22.1 Å². The number of aliphatic imine (C=N–C) groups is 1. The number of hydrogen-bond acceptors (Lipinski definition) is 6. The van der Waals surface area contributed by atoms with Crippen molar-refractivity contribution in [3.8, 4) is 11.3 Å². The fourth-order valence-electron chi connectivity index (χ4n) is 6.35. The first-order valence-electron chi connectivity index (χ1n) is 15.2. The molecule has 3 N–H and O–H groups in total. The van der Waals surface area contributed by atoms with Gasteiger partial charge in [0.2, 0.25) is 0 Å². The van der Waals surface area contributed by atoms with Gasteiger partial charge in [0.05, 0.1) is 28.9 Å². The summed E-state index contributed by atoms with van der Waals surface area (Å²) >= 11 is 0. The van der Waals surface area contributed by atoms with Crippen molar-refractivity contribution in [1.82, 2.24) is 14.8 Å². The van der Waals surface area contributed by atoms with Gasteiger partial charge in [0, 0.05) is 73.2 Å². The van der Waals surface area contributed by atoms with E-state index in [1.54, 1.807) is 29.2 Å². The Balaban J connectivity index is 1.30. The van der Waals surface area contributed by atoms with Crippen LogP contribution in [0.3, 0.4) is 0 Å². The maximum Gasteiger partial charge on any atom is 0.416 e. The quantitative estimate of drug-likeness (QED) is 0.166. The first-order chi connectivity index (χ1) is 23.1. The second-order valence-electron chi connectivity index (χ2n) is 12.4. The number of alkyl halides is 6. The maximum absolute atomic E-state index is 13.5. The Labute approximate surface area is 278 Å². The van der Waals surface area contributed by atoms with E-state index >= 15 is 0 Å². The maximum atomic E-state index is 13.5. The lowest BCUT2D eigenvalue weighted by Gasteiger charge is -2.49. The van der Waals surface area contributed by atoms with Gasteiger partial charge in [-0.25, -0.2) is 4.79 Å². The Morgan fingerprint density at radius 2 is 1.57 bits per heavy atom. The molecule has 0 saturated carbocycles. The van der Waals surface area contributed by atoms with Crippen LogP contribution < -0.4 is 5.73 Å². The number of halogens is 6. The average molecular weight is 686 g/mol. The largest absolute Gasteiger partial charge is 0.478 e. The molecule has 2 aliphatic heterocycles. The minimum atomic E-state index is -4.48. The van der Waals surface area contributed by atoms with Crippen molar-refractivity contribution in [1.29, 1.82) is 0 Å². The van der Waals surface area contributed by atoms with Gasteiger partial charge in [-0.2, -0.15) is 26.3 Å². The zero-order valence-electron chi connectivity index (χ0n) is 26.3. The van der Waals surface area contributed by atoms with Crippen molar-refractivity contribution in [2.75, 3.05) is 33.2 Å². The zero-order chi connectivity index (χ0) is 35.6. The molecular formula is C35H33F6N5O3. The summed E-state index contributed by atoms with van der Waals surface area (Å²) < 4.78 is 77.6. The molecule has 8 nitrogen and oxygen atoms in total. The number of benzene rings is 2. The van der Waals surface area contributed by atoms with Gasteiger partial charge in [-0.1, -0.05) is 36.4 Å². The van der Waals surface area contributed by atoms with Crippen LogP contribution in [-0.2, 0) is 34.9 Å². The van der Waals surface area contributed by atoms with E-state index < -0.39 is 40.8 Å². The standard InChI is InChI=1S/C35H33F6N5O3/c1-45-19-33(20-45)21-46(31(47)25(15-42)17-43-16-22-5-9-26(10-6-22)34(36,37)38)18-28(33)13-24(32(48)49)14-29-3-2-4-30(44-29)23-7-11-27(12-8-23)35(39,40)41/h2-13,15,17,28H,14,16,18-21,42H2,1H3,(H,48,49)/b24-13-,25-15+,43-17?. The molecule has 3 aromatic rings. The van der Waals surface area contributed by atoms with Crippen LogP contribution in [0, 0.1) is 11.3 Å². The summed E-state index contributed by atoms with van der Waals surface area (Å²) in [6, 6.07) is 14.0. The molecule has 258 valence electrons. The van der Waals surface area contributed by atoms with E-state index in [1.807, 2.05) is 7.05 Å². The summed E-state index contributed by atoms with van der Waals surface area (Å²) in [4.78, 5) is 38.3. The number of aromatic nitrogens is 1. The third-order valence-corrected chi connectivity index (χ3v) is 8.74.